The fourth-order valence-electron chi connectivity index (χ4n) is 3.35. The molecule has 0 unspecified atom stereocenters. The number of anilines is 1. The van der Waals surface area contributed by atoms with Crippen molar-refractivity contribution in [2.24, 2.45) is 0 Å². The van der Waals surface area contributed by atoms with E-state index in [1.807, 2.05) is 65.2 Å². The number of benzene rings is 2. The standard InChI is InChI=1S/C26H20N4O3/c1-2-33-26(32)19-11-13-21(14-12-19)28-25(31)20(17-27)16-22-24(18-8-4-3-5-9-18)29-23-10-6-7-15-30(22)23/h3-16H,2H2,1H3,(H,28,31). The Balaban J connectivity index is 1.66. The van der Waals surface area contributed by atoms with Gasteiger partial charge in [0.2, 0.25) is 0 Å². The predicted molar refractivity (Wildman–Crippen MR) is 125 cm³/mol. The molecular formula is C26H20N4O3. The molecule has 0 atom stereocenters. The van der Waals surface area contributed by atoms with Gasteiger partial charge < -0.3 is 10.1 Å². The first kappa shape index (κ1) is 21.5. The summed E-state index contributed by atoms with van der Waals surface area (Å²) in [5.41, 5.74) is 3.63. The van der Waals surface area contributed by atoms with Gasteiger partial charge in [-0.2, -0.15) is 5.26 Å². The molecule has 2 aromatic heterocycles. The third-order valence-electron chi connectivity index (χ3n) is 4.91. The van der Waals surface area contributed by atoms with Crippen LogP contribution in [0.3, 0.4) is 0 Å². The quantitative estimate of drug-likeness (QED) is 0.268. The monoisotopic (exact) mass is 436 g/mol. The zero-order valence-corrected chi connectivity index (χ0v) is 17.9. The molecule has 4 rings (SSSR count). The third-order valence-corrected chi connectivity index (χ3v) is 4.91. The highest BCUT2D eigenvalue weighted by Gasteiger charge is 2.16. The maximum absolute atomic E-state index is 12.9. The fourth-order valence-corrected chi connectivity index (χ4v) is 3.35. The van der Waals surface area contributed by atoms with Crippen molar-refractivity contribution in [1.29, 1.82) is 5.26 Å². The van der Waals surface area contributed by atoms with Gasteiger partial charge in [0.25, 0.3) is 5.91 Å². The molecule has 33 heavy (non-hydrogen) atoms. The highest BCUT2D eigenvalue weighted by Crippen LogP contribution is 2.26. The molecule has 7 heteroatoms. The van der Waals surface area contributed by atoms with Crippen molar-refractivity contribution in [3.63, 3.8) is 0 Å². The Morgan fingerprint density at radius 1 is 1.06 bits per heavy atom. The molecule has 162 valence electrons. The Kier molecular flexibility index (Phi) is 6.28. The number of esters is 1. The number of amides is 1. The van der Waals surface area contributed by atoms with Crippen LogP contribution in [0.5, 0.6) is 0 Å². The van der Waals surface area contributed by atoms with Crippen molar-refractivity contribution in [3.05, 3.63) is 95.8 Å². The van der Waals surface area contributed by atoms with Gasteiger partial charge in [-0.3, -0.25) is 9.20 Å². The summed E-state index contributed by atoms with van der Waals surface area (Å²) in [7, 11) is 0. The van der Waals surface area contributed by atoms with Crippen LogP contribution in [0.25, 0.3) is 23.0 Å². The van der Waals surface area contributed by atoms with Crippen LogP contribution < -0.4 is 5.32 Å². The number of nitrogens with one attached hydrogen (secondary N) is 1. The van der Waals surface area contributed by atoms with E-state index in [0.717, 1.165) is 5.56 Å². The van der Waals surface area contributed by atoms with Gasteiger partial charge in [-0.1, -0.05) is 36.4 Å². The van der Waals surface area contributed by atoms with Crippen LogP contribution in [0.2, 0.25) is 0 Å². The molecule has 0 aliphatic carbocycles. The number of hydrogen-bond donors (Lipinski definition) is 1. The van der Waals surface area contributed by atoms with E-state index < -0.39 is 11.9 Å². The van der Waals surface area contributed by atoms with Crippen molar-refractivity contribution >= 4 is 29.3 Å². The number of fused-ring (bicyclic) bond motifs is 1. The van der Waals surface area contributed by atoms with E-state index in [4.69, 9.17) is 4.74 Å². The van der Waals surface area contributed by atoms with E-state index in [9.17, 15) is 14.9 Å². The Bertz CT molecular complexity index is 1380. The average molecular weight is 436 g/mol. The molecule has 0 bridgehead atoms. The van der Waals surface area contributed by atoms with Crippen molar-refractivity contribution < 1.29 is 14.3 Å². The molecule has 0 spiro atoms. The van der Waals surface area contributed by atoms with Crippen molar-refractivity contribution in [2.45, 2.75) is 6.92 Å². The maximum atomic E-state index is 12.9. The minimum Gasteiger partial charge on any atom is -0.462 e. The van der Waals surface area contributed by atoms with E-state index in [0.29, 0.717) is 28.3 Å². The van der Waals surface area contributed by atoms with Crippen molar-refractivity contribution in [3.8, 4) is 17.3 Å². The van der Waals surface area contributed by atoms with Gasteiger partial charge in [0.1, 0.15) is 17.3 Å². The number of pyridine rings is 1. The number of imidazole rings is 1. The van der Waals surface area contributed by atoms with E-state index in [-0.39, 0.29) is 12.2 Å². The number of nitrogens with zero attached hydrogens (tertiary/aromatic N) is 3. The molecule has 0 fully saturated rings. The Morgan fingerprint density at radius 2 is 1.79 bits per heavy atom. The summed E-state index contributed by atoms with van der Waals surface area (Å²) < 4.78 is 6.79. The second-order valence-corrected chi connectivity index (χ2v) is 7.06. The van der Waals surface area contributed by atoms with Crippen LogP contribution in [0.1, 0.15) is 23.0 Å². The molecule has 0 radical (unpaired) electrons. The normalized spacial score (nSPS) is 11.1. The summed E-state index contributed by atoms with van der Waals surface area (Å²) >= 11 is 0. The highest BCUT2D eigenvalue weighted by molar-refractivity contribution is 6.10. The predicted octanol–water partition coefficient (Wildman–Crippen LogP) is 4.72. The van der Waals surface area contributed by atoms with E-state index >= 15 is 0 Å². The van der Waals surface area contributed by atoms with Crippen LogP contribution in [-0.4, -0.2) is 27.9 Å². The van der Waals surface area contributed by atoms with Crippen LogP contribution in [0.15, 0.2) is 84.6 Å². The molecule has 0 saturated carbocycles. The number of rotatable bonds is 6. The zero-order chi connectivity index (χ0) is 23.2. The highest BCUT2D eigenvalue weighted by atomic mass is 16.5. The zero-order valence-electron chi connectivity index (χ0n) is 17.9. The number of aromatic nitrogens is 2. The van der Waals surface area contributed by atoms with Crippen LogP contribution in [0, 0.1) is 11.3 Å². The second-order valence-electron chi connectivity index (χ2n) is 7.06. The van der Waals surface area contributed by atoms with E-state index in [2.05, 4.69) is 10.3 Å². The average Bonchev–Trinajstić information content (AvgIpc) is 3.22. The third kappa shape index (κ3) is 4.65. The summed E-state index contributed by atoms with van der Waals surface area (Å²) in [4.78, 5) is 29.3. The van der Waals surface area contributed by atoms with Gasteiger partial charge in [-0.05, 0) is 49.4 Å². The van der Waals surface area contributed by atoms with Gasteiger partial charge in [0.15, 0.2) is 0 Å². The Hall–Kier alpha value is -4.70. The van der Waals surface area contributed by atoms with Crippen molar-refractivity contribution in [2.75, 3.05) is 11.9 Å². The number of hydrogen-bond acceptors (Lipinski definition) is 5. The summed E-state index contributed by atoms with van der Waals surface area (Å²) in [5, 5.41) is 12.4. The van der Waals surface area contributed by atoms with Crippen LogP contribution >= 0.6 is 0 Å². The van der Waals surface area contributed by atoms with E-state index in [1.54, 1.807) is 31.2 Å². The second kappa shape index (κ2) is 9.62. The van der Waals surface area contributed by atoms with Gasteiger partial charge in [-0.15, -0.1) is 0 Å². The Labute approximate surface area is 190 Å². The van der Waals surface area contributed by atoms with Crippen LogP contribution in [0.4, 0.5) is 5.69 Å². The minimum absolute atomic E-state index is 0.0766. The van der Waals surface area contributed by atoms with Gasteiger partial charge in [-0.25, -0.2) is 9.78 Å². The van der Waals surface area contributed by atoms with Gasteiger partial charge in [0, 0.05) is 17.4 Å². The molecule has 0 aliphatic heterocycles. The summed E-state index contributed by atoms with van der Waals surface area (Å²) in [6.07, 6.45) is 3.37. The van der Waals surface area contributed by atoms with E-state index in [1.165, 1.54) is 6.08 Å². The number of ether oxygens (including phenoxy) is 1. The molecule has 0 aliphatic rings. The van der Waals surface area contributed by atoms with Crippen LogP contribution in [-0.2, 0) is 9.53 Å². The number of nitriles is 1. The Morgan fingerprint density at radius 3 is 2.48 bits per heavy atom. The lowest BCUT2D eigenvalue weighted by atomic mass is 10.1. The number of carbonyl (C=O) groups is 2. The molecule has 2 heterocycles. The SMILES string of the molecule is CCOC(=O)c1ccc(NC(=O)C(C#N)=Cc2c(-c3ccccc3)nc3ccccn23)cc1. The fraction of sp³-hybridized carbons (Fsp3) is 0.0769. The summed E-state index contributed by atoms with van der Waals surface area (Å²) in [6.45, 7) is 2.01. The first-order valence-electron chi connectivity index (χ1n) is 10.3. The maximum Gasteiger partial charge on any atom is 0.338 e. The molecule has 1 N–H and O–H groups in total. The lowest BCUT2D eigenvalue weighted by molar-refractivity contribution is -0.112. The summed E-state index contributed by atoms with van der Waals surface area (Å²) in [5.74, 6) is -1.000. The molecular weight excluding hydrogens is 416 g/mol. The first-order valence-corrected chi connectivity index (χ1v) is 10.3. The van der Waals surface area contributed by atoms with Gasteiger partial charge in [0.05, 0.1) is 23.6 Å². The molecule has 2 aromatic carbocycles. The first-order chi connectivity index (χ1) is 16.1. The topological polar surface area (TPSA) is 96.5 Å². The molecule has 4 aromatic rings. The smallest absolute Gasteiger partial charge is 0.338 e. The molecule has 0 saturated heterocycles. The largest absolute Gasteiger partial charge is 0.462 e. The minimum atomic E-state index is -0.564. The molecule has 1 amide bonds. The lowest BCUT2D eigenvalue weighted by Crippen LogP contribution is -2.14. The summed E-state index contributed by atoms with van der Waals surface area (Å²) in [6, 6.07) is 23.5. The number of carbonyl (C=O) groups excluding carboxylic acids is 2. The van der Waals surface area contributed by atoms with Crippen molar-refractivity contribution in [1.82, 2.24) is 9.38 Å². The lowest BCUT2D eigenvalue weighted by Gasteiger charge is -2.07. The molecule has 7 nitrogen and oxygen atoms in total. The van der Waals surface area contributed by atoms with Gasteiger partial charge >= 0.3 is 5.97 Å².